The smallest absolute Gasteiger partial charge is 0.414 e. The van der Waals surface area contributed by atoms with Gasteiger partial charge in [-0.25, -0.2) is 9.18 Å². The number of carbonyl (C=O) groups excluding carboxylic acids is 2. The number of benzene rings is 1. The Morgan fingerprint density at radius 1 is 0.926 bits per heavy atom. The van der Waals surface area contributed by atoms with Crippen LogP contribution in [0.5, 0.6) is 5.88 Å². The molecule has 1 saturated heterocycles. The molecule has 0 N–H and O–H groups in total. The summed E-state index contributed by atoms with van der Waals surface area (Å²) in [5, 5.41) is 3.66. The van der Waals surface area contributed by atoms with Crippen LogP contribution in [0.25, 0.3) is 5.57 Å². The number of cyclic esters (lactones) is 1. The van der Waals surface area contributed by atoms with Crippen LogP contribution in [0.3, 0.4) is 0 Å². The molecule has 17 heteroatoms. The van der Waals surface area contributed by atoms with Crippen LogP contribution in [0.15, 0.2) is 41.1 Å². The van der Waals surface area contributed by atoms with Crippen LogP contribution in [-0.2, 0) is 36.8 Å². The Morgan fingerprint density at radius 3 is 2.00 bits per heavy atom. The van der Waals surface area contributed by atoms with Crippen molar-refractivity contribution in [1.29, 1.82) is 0 Å². The van der Waals surface area contributed by atoms with Gasteiger partial charge in [0.15, 0.2) is 11.8 Å². The first-order chi connectivity index (χ1) is 24.6. The van der Waals surface area contributed by atoms with Crippen molar-refractivity contribution in [2.45, 2.75) is 124 Å². The summed E-state index contributed by atoms with van der Waals surface area (Å²) in [5.74, 6) is -0.929. The molecule has 0 spiro atoms. The molecule has 1 aromatic heterocycles. The van der Waals surface area contributed by atoms with E-state index in [2.05, 4.69) is 5.16 Å². The van der Waals surface area contributed by atoms with E-state index in [4.69, 9.17) is 32.1 Å². The van der Waals surface area contributed by atoms with E-state index in [9.17, 15) is 14.2 Å². The number of hydrogen-bond acceptors (Lipinski definition) is 12. The van der Waals surface area contributed by atoms with Crippen molar-refractivity contribution in [3.63, 3.8) is 0 Å². The Bertz CT molecular complexity index is 1730. The molecular weight excluding hydrogens is 743 g/mol. The number of ether oxygens (including phenoxy) is 2. The SMILES string of the molecule is CC(C)(C)OP(=O)(C[C@H](C(=O)N1CC=C(c2ccc(N3C[C@H](COc4ccon4)OC3=O)cc2F)CC1)P(=O)(OC(C)(C)C)OC(C)(C)C)OC(C)(C)C. The monoisotopic (exact) mass is 799 g/mol. The van der Waals surface area contributed by atoms with Gasteiger partial charge in [0.25, 0.3) is 5.88 Å². The molecule has 1 fully saturated rings. The fourth-order valence-corrected chi connectivity index (χ4v) is 12.0. The normalized spacial score (nSPS) is 18.4. The standard InChI is InChI=1S/C37H56FN3O11P2/c1-34(2,3)49-53(44,50-35(4,5)6)24-30(54(45,51-36(7,8)9)52-37(10,11)12)32(42)40-18-15-25(16-19-40)28-14-13-26(21-29(28)38)41-22-27(48-33(41)43)23-46-31-17-20-47-39-31/h13-15,17,20-21,27,30H,16,18-19,22-24H2,1-12H3/t27-,30-/m1/s1. The molecule has 4 rings (SSSR count). The quantitative estimate of drug-likeness (QED) is 0.178. The molecular formula is C37H56FN3O11P2. The summed E-state index contributed by atoms with van der Waals surface area (Å²) in [7, 11) is -8.56. The Labute approximate surface area is 318 Å². The first kappa shape index (κ1) is 43.7. The fourth-order valence-electron chi connectivity index (χ4n) is 5.89. The van der Waals surface area contributed by atoms with Gasteiger partial charge in [0.05, 0.1) is 40.8 Å². The maximum Gasteiger partial charge on any atom is 0.414 e. The minimum Gasteiger partial charge on any atom is -0.471 e. The van der Waals surface area contributed by atoms with Crippen molar-refractivity contribution in [1.82, 2.24) is 10.1 Å². The van der Waals surface area contributed by atoms with Crippen LogP contribution in [0.1, 0.15) is 95.1 Å². The average molecular weight is 800 g/mol. The summed E-state index contributed by atoms with van der Waals surface area (Å²) in [6.07, 6.45) is 1.52. The van der Waals surface area contributed by atoms with E-state index in [0.717, 1.165) is 0 Å². The lowest BCUT2D eigenvalue weighted by Gasteiger charge is -2.40. The Morgan fingerprint density at radius 2 is 1.52 bits per heavy atom. The molecule has 0 saturated carbocycles. The van der Waals surface area contributed by atoms with Crippen molar-refractivity contribution in [3.05, 3.63) is 48.0 Å². The number of hydrogen-bond donors (Lipinski definition) is 0. The van der Waals surface area contributed by atoms with Crippen LogP contribution in [-0.4, -0.2) is 88.6 Å². The van der Waals surface area contributed by atoms with Crippen LogP contribution < -0.4 is 9.64 Å². The van der Waals surface area contributed by atoms with Crippen molar-refractivity contribution >= 4 is 38.5 Å². The van der Waals surface area contributed by atoms with Crippen LogP contribution in [0.2, 0.25) is 0 Å². The third-order valence-electron chi connectivity index (χ3n) is 7.53. The predicted molar refractivity (Wildman–Crippen MR) is 202 cm³/mol. The van der Waals surface area contributed by atoms with E-state index < -0.39 is 73.3 Å². The third-order valence-corrected chi connectivity index (χ3v) is 13.1. The zero-order valence-electron chi connectivity index (χ0n) is 33.5. The fraction of sp³-hybridized carbons (Fsp3) is 0.649. The molecule has 1 aromatic carbocycles. The number of anilines is 1. The summed E-state index contributed by atoms with van der Waals surface area (Å²) >= 11 is 0. The van der Waals surface area contributed by atoms with Gasteiger partial charge in [-0.3, -0.25) is 18.8 Å². The highest BCUT2D eigenvalue weighted by molar-refractivity contribution is 7.59. The van der Waals surface area contributed by atoms with Gasteiger partial charge in [0.2, 0.25) is 5.91 Å². The first-order valence-corrected chi connectivity index (χ1v) is 21.3. The molecule has 54 heavy (non-hydrogen) atoms. The van der Waals surface area contributed by atoms with E-state index in [0.29, 0.717) is 16.8 Å². The molecule has 2 amide bonds. The van der Waals surface area contributed by atoms with E-state index in [1.165, 1.54) is 28.2 Å². The van der Waals surface area contributed by atoms with Gasteiger partial charge in [0, 0.05) is 24.7 Å². The molecule has 0 unspecified atom stereocenters. The highest BCUT2D eigenvalue weighted by atomic mass is 31.2. The number of carbonyl (C=O) groups is 2. The largest absolute Gasteiger partial charge is 0.471 e. The minimum absolute atomic E-state index is 0.0348. The second-order valence-electron chi connectivity index (χ2n) is 17.4. The molecule has 0 aliphatic carbocycles. The zero-order chi connectivity index (χ0) is 40.5. The molecule has 2 atom stereocenters. The van der Waals surface area contributed by atoms with E-state index in [-0.39, 0.29) is 38.5 Å². The molecule has 2 aliphatic rings. The van der Waals surface area contributed by atoms with Crippen LogP contribution in [0, 0.1) is 5.82 Å². The zero-order valence-corrected chi connectivity index (χ0v) is 35.3. The second kappa shape index (κ2) is 16.2. The maximum absolute atomic E-state index is 15.7. The average Bonchev–Trinajstić information content (AvgIpc) is 3.64. The minimum atomic E-state index is -4.41. The van der Waals surface area contributed by atoms with Crippen molar-refractivity contribution < 1.29 is 55.2 Å². The van der Waals surface area contributed by atoms with Crippen molar-refractivity contribution in [3.8, 4) is 5.88 Å². The third kappa shape index (κ3) is 12.5. The second-order valence-corrected chi connectivity index (χ2v) is 21.4. The topological polar surface area (TPSA) is 156 Å². The van der Waals surface area contributed by atoms with Crippen LogP contribution >= 0.6 is 15.2 Å². The first-order valence-electron chi connectivity index (χ1n) is 18.0. The Balaban J connectivity index is 1.59. The molecule has 0 radical (unpaired) electrons. The van der Waals surface area contributed by atoms with Gasteiger partial charge in [-0.15, -0.1) is 0 Å². The van der Waals surface area contributed by atoms with Crippen molar-refractivity contribution in [2.24, 2.45) is 0 Å². The summed E-state index contributed by atoms with van der Waals surface area (Å²) in [6.45, 7) is 20.8. The molecule has 2 aliphatic heterocycles. The van der Waals surface area contributed by atoms with Crippen molar-refractivity contribution in [2.75, 3.05) is 37.3 Å². The number of rotatable bonds is 13. The van der Waals surface area contributed by atoms with Gasteiger partial charge in [-0.1, -0.05) is 6.08 Å². The number of amides is 2. The molecule has 0 bridgehead atoms. The maximum atomic E-state index is 15.7. The van der Waals surface area contributed by atoms with Crippen LogP contribution in [0.4, 0.5) is 14.9 Å². The number of aromatic nitrogens is 1. The predicted octanol–water partition coefficient (Wildman–Crippen LogP) is 8.85. The Kier molecular flexibility index (Phi) is 13.1. The lowest BCUT2D eigenvalue weighted by molar-refractivity contribution is -0.130. The number of nitrogens with zero attached hydrogens (tertiary/aromatic N) is 3. The molecule has 2 aromatic rings. The summed E-state index contributed by atoms with van der Waals surface area (Å²) in [5.41, 5.74) is -4.23. The van der Waals surface area contributed by atoms with Gasteiger partial charge in [-0.05, 0) is 118 Å². The highest BCUT2D eigenvalue weighted by Crippen LogP contribution is 2.65. The van der Waals surface area contributed by atoms with E-state index >= 15 is 8.96 Å². The van der Waals surface area contributed by atoms with Gasteiger partial charge in [-0.2, -0.15) is 0 Å². The summed E-state index contributed by atoms with van der Waals surface area (Å²) in [6, 6.07) is 6.00. The highest BCUT2D eigenvalue weighted by Gasteiger charge is 2.53. The Hall–Kier alpha value is -3.06. The molecule has 3 heterocycles. The van der Waals surface area contributed by atoms with E-state index in [1.54, 1.807) is 101 Å². The van der Waals surface area contributed by atoms with Gasteiger partial charge >= 0.3 is 21.3 Å². The number of halogens is 1. The molecule has 14 nitrogen and oxygen atoms in total. The van der Waals surface area contributed by atoms with E-state index in [1.807, 2.05) is 0 Å². The van der Waals surface area contributed by atoms with Gasteiger partial charge < -0.3 is 37.0 Å². The lowest BCUT2D eigenvalue weighted by Crippen LogP contribution is -2.45. The summed E-state index contributed by atoms with van der Waals surface area (Å²) in [4.78, 5) is 30.0. The lowest BCUT2D eigenvalue weighted by atomic mass is 9.98. The summed E-state index contributed by atoms with van der Waals surface area (Å²) < 4.78 is 85.2. The van der Waals surface area contributed by atoms with Gasteiger partial charge in [0.1, 0.15) is 18.7 Å². The molecule has 302 valence electrons.